The monoisotopic (exact) mass is 473 g/mol. The molecule has 0 aliphatic carbocycles. The Kier molecular flexibility index (Phi) is 6.21. The molecule has 1 heterocycles. The molecule has 2 amide bonds. The zero-order chi connectivity index (χ0) is 18.6. The van der Waals surface area contributed by atoms with Gasteiger partial charge in [-0.15, -0.1) is 0 Å². The van der Waals surface area contributed by atoms with Crippen LogP contribution in [0.5, 0.6) is 11.5 Å². The lowest BCUT2D eigenvalue weighted by Gasteiger charge is -2.10. The van der Waals surface area contributed by atoms with Crippen molar-refractivity contribution in [1.29, 1.82) is 0 Å². The molecule has 0 saturated carbocycles. The van der Waals surface area contributed by atoms with Crippen molar-refractivity contribution in [2.24, 2.45) is 5.10 Å². The van der Waals surface area contributed by atoms with Crippen molar-refractivity contribution in [3.05, 3.63) is 44.2 Å². The first-order valence-electron chi connectivity index (χ1n) is 6.86. The molecule has 0 aliphatic heterocycles. The normalized spacial score (nSPS) is 10.8. The Hall–Kier alpha value is -2.33. The third-order valence-electron chi connectivity index (χ3n) is 3.15. The second-order valence-corrected chi connectivity index (χ2v) is 6.40. The fraction of sp³-hybridized carbons (Fsp3) is 0.133. The van der Waals surface area contributed by atoms with Crippen LogP contribution in [0.4, 0.5) is 0 Å². The largest absolute Gasteiger partial charge is 0.506 e. The molecular formula is C15H13Br2N3O5. The van der Waals surface area contributed by atoms with Crippen LogP contribution >= 0.6 is 31.9 Å². The number of carbonyl (C=O) groups is 2. The predicted molar refractivity (Wildman–Crippen MR) is 96.7 cm³/mol. The zero-order valence-electron chi connectivity index (χ0n) is 12.8. The van der Waals surface area contributed by atoms with E-state index in [2.05, 4.69) is 47.7 Å². The molecule has 25 heavy (non-hydrogen) atoms. The molecule has 2 aromatic rings. The summed E-state index contributed by atoms with van der Waals surface area (Å²) in [4.78, 5) is 23.3. The maximum atomic E-state index is 11.7. The summed E-state index contributed by atoms with van der Waals surface area (Å²) in [5.74, 6) is -1.36. The minimum absolute atomic E-state index is 0.0932. The first kappa shape index (κ1) is 19.0. The predicted octanol–water partition coefficient (Wildman–Crippen LogP) is 2.40. The average molecular weight is 475 g/mol. The van der Waals surface area contributed by atoms with Crippen molar-refractivity contribution in [1.82, 2.24) is 10.7 Å². The number of furan rings is 1. The number of nitrogens with one attached hydrogen (secondary N) is 2. The number of benzene rings is 1. The standard InChI is InChI=1S/C15H13Br2N3O5/c1-7-8(13(22)12(17)14(23)11(7)16)5-19-20-10(21)6-18-15(24)9-3-2-4-25-9/h2-5,22-23H,6H2,1H3,(H,18,24)(H,20,21)/b19-5+. The Bertz CT molecular complexity index is 805. The first-order valence-corrected chi connectivity index (χ1v) is 8.44. The van der Waals surface area contributed by atoms with Crippen LogP contribution < -0.4 is 10.7 Å². The smallest absolute Gasteiger partial charge is 0.287 e. The highest BCUT2D eigenvalue weighted by Crippen LogP contribution is 2.43. The second kappa shape index (κ2) is 8.17. The summed E-state index contributed by atoms with van der Waals surface area (Å²) in [5, 5.41) is 25.9. The van der Waals surface area contributed by atoms with Crippen LogP contribution in [0.25, 0.3) is 0 Å². The van der Waals surface area contributed by atoms with E-state index in [4.69, 9.17) is 4.42 Å². The summed E-state index contributed by atoms with van der Waals surface area (Å²) in [7, 11) is 0. The minimum atomic E-state index is -0.565. The van der Waals surface area contributed by atoms with Gasteiger partial charge in [-0.3, -0.25) is 9.59 Å². The highest BCUT2D eigenvalue weighted by Gasteiger charge is 2.17. The Morgan fingerprint density at radius 1 is 1.28 bits per heavy atom. The molecule has 0 fully saturated rings. The molecule has 0 unspecified atom stereocenters. The zero-order valence-corrected chi connectivity index (χ0v) is 16.0. The van der Waals surface area contributed by atoms with Crippen LogP contribution in [0.2, 0.25) is 0 Å². The highest BCUT2D eigenvalue weighted by atomic mass is 79.9. The van der Waals surface area contributed by atoms with Crippen molar-refractivity contribution in [2.45, 2.75) is 6.92 Å². The van der Waals surface area contributed by atoms with E-state index < -0.39 is 11.8 Å². The van der Waals surface area contributed by atoms with Gasteiger partial charge in [-0.1, -0.05) is 0 Å². The Balaban J connectivity index is 1.97. The molecule has 0 spiro atoms. The number of carbonyl (C=O) groups excluding carboxylic acids is 2. The average Bonchev–Trinajstić information content (AvgIpc) is 3.14. The summed E-state index contributed by atoms with van der Waals surface area (Å²) in [6, 6.07) is 3.03. The van der Waals surface area contributed by atoms with E-state index in [1.807, 2.05) is 0 Å². The maximum Gasteiger partial charge on any atom is 0.287 e. The summed E-state index contributed by atoms with van der Waals surface area (Å²) in [5.41, 5.74) is 3.05. The van der Waals surface area contributed by atoms with Crippen molar-refractivity contribution >= 4 is 49.9 Å². The molecule has 1 aromatic heterocycles. The van der Waals surface area contributed by atoms with Crippen LogP contribution in [-0.2, 0) is 4.79 Å². The van der Waals surface area contributed by atoms with E-state index >= 15 is 0 Å². The highest BCUT2D eigenvalue weighted by molar-refractivity contribution is 9.11. The van der Waals surface area contributed by atoms with Crippen LogP contribution in [0.1, 0.15) is 21.7 Å². The number of rotatable bonds is 5. The number of amides is 2. The van der Waals surface area contributed by atoms with E-state index in [0.717, 1.165) is 0 Å². The molecule has 0 saturated heterocycles. The fourth-order valence-corrected chi connectivity index (χ4v) is 2.91. The van der Waals surface area contributed by atoms with E-state index in [1.54, 1.807) is 13.0 Å². The van der Waals surface area contributed by atoms with Gasteiger partial charge in [0, 0.05) is 5.56 Å². The van der Waals surface area contributed by atoms with Crippen LogP contribution in [0.3, 0.4) is 0 Å². The number of hydrazone groups is 1. The summed E-state index contributed by atoms with van der Waals surface area (Å²) < 4.78 is 5.38. The molecule has 0 aliphatic rings. The van der Waals surface area contributed by atoms with E-state index in [-0.39, 0.29) is 28.3 Å². The van der Waals surface area contributed by atoms with E-state index in [9.17, 15) is 19.8 Å². The number of hydrogen-bond acceptors (Lipinski definition) is 6. The molecular weight excluding hydrogens is 462 g/mol. The van der Waals surface area contributed by atoms with Gasteiger partial charge < -0.3 is 19.9 Å². The molecule has 0 atom stereocenters. The molecule has 8 nitrogen and oxygen atoms in total. The van der Waals surface area contributed by atoms with Crippen LogP contribution in [0.15, 0.2) is 36.9 Å². The van der Waals surface area contributed by atoms with Crippen molar-refractivity contribution in [3.63, 3.8) is 0 Å². The lowest BCUT2D eigenvalue weighted by Crippen LogP contribution is -2.34. The lowest BCUT2D eigenvalue weighted by molar-refractivity contribution is -0.120. The van der Waals surface area contributed by atoms with Crippen molar-refractivity contribution in [3.8, 4) is 11.5 Å². The molecule has 10 heteroatoms. The summed E-state index contributed by atoms with van der Waals surface area (Å²) >= 11 is 6.26. The molecule has 0 radical (unpaired) electrons. The summed E-state index contributed by atoms with van der Waals surface area (Å²) in [6.45, 7) is 1.35. The Morgan fingerprint density at radius 2 is 2.00 bits per heavy atom. The summed E-state index contributed by atoms with van der Waals surface area (Å²) in [6.07, 6.45) is 2.58. The van der Waals surface area contributed by atoms with Crippen molar-refractivity contribution < 1.29 is 24.2 Å². The quantitative estimate of drug-likeness (QED) is 0.391. The topological polar surface area (TPSA) is 124 Å². The maximum absolute atomic E-state index is 11.7. The molecule has 132 valence electrons. The number of phenols is 2. The van der Waals surface area contributed by atoms with E-state index in [0.29, 0.717) is 15.6 Å². The van der Waals surface area contributed by atoms with Gasteiger partial charge in [-0.25, -0.2) is 5.43 Å². The fourth-order valence-electron chi connectivity index (χ4n) is 1.82. The number of aromatic hydroxyl groups is 2. The number of phenolic OH excluding ortho intramolecular Hbond substituents is 2. The van der Waals surface area contributed by atoms with Gasteiger partial charge in [0.15, 0.2) is 5.76 Å². The van der Waals surface area contributed by atoms with E-state index in [1.165, 1.54) is 18.5 Å². The lowest BCUT2D eigenvalue weighted by atomic mass is 10.1. The van der Waals surface area contributed by atoms with Gasteiger partial charge in [0.25, 0.3) is 11.8 Å². The van der Waals surface area contributed by atoms with Gasteiger partial charge in [-0.05, 0) is 56.5 Å². The molecule has 4 N–H and O–H groups in total. The van der Waals surface area contributed by atoms with Crippen LogP contribution in [-0.4, -0.2) is 34.8 Å². The minimum Gasteiger partial charge on any atom is -0.506 e. The van der Waals surface area contributed by atoms with Gasteiger partial charge in [0.2, 0.25) is 0 Å². The van der Waals surface area contributed by atoms with Gasteiger partial charge in [0.05, 0.1) is 23.5 Å². The Labute approximate surface area is 159 Å². The third kappa shape index (κ3) is 4.40. The Morgan fingerprint density at radius 3 is 2.64 bits per heavy atom. The SMILES string of the molecule is Cc1c(Br)c(O)c(Br)c(O)c1/C=N/NC(=O)CNC(=O)c1ccco1. The molecule has 2 rings (SSSR count). The van der Waals surface area contributed by atoms with Gasteiger partial charge >= 0.3 is 0 Å². The number of nitrogens with zero attached hydrogens (tertiary/aromatic N) is 1. The van der Waals surface area contributed by atoms with Gasteiger partial charge in [0.1, 0.15) is 16.0 Å². The first-order chi connectivity index (χ1) is 11.8. The molecule has 1 aromatic carbocycles. The third-order valence-corrected chi connectivity index (χ3v) is 4.87. The molecule has 0 bridgehead atoms. The second-order valence-electron chi connectivity index (χ2n) is 4.82. The van der Waals surface area contributed by atoms with Gasteiger partial charge in [-0.2, -0.15) is 5.10 Å². The number of halogens is 2. The van der Waals surface area contributed by atoms with Crippen molar-refractivity contribution in [2.75, 3.05) is 6.54 Å². The van der Waals surface area contributed by atoms with Crippen LogP contribution in [0, 0.1) is 6.92 Å². The number of hydrogen-bond donors (Lipinski definition) is 4.